The molecule has 0 aliphatic carbocycles. The van der Waals surface area contributed by atoms with Crippen LogP contribution >= 0.6 is 11.8 Å². The van der Waals surface area contributed by atoms with Crippen LogP contribution < -0.4 is 0 Å². The largest absolute Gasteiger partial charge is 0.441 e. The minimum Gasteiger partial charge on any atom is -0.441 e. The molecule has 94 valence electrons. The predicted octanol–water partition coefficient (Wildman–Crippen LogP) is 3.52. The summed E-state index contributed by atoms with van der Waals surface area (Å²) in [6.07, 6.45) is 5.11. The molecule has 1 aromatic carbocycles. The lowest BCUT2D eigenvalue weighted by Crippen LogP contribution is -1.89. The number of hydrogen-bond acceptors (Lipinski definition) is 5. The van der Waals surface area contributed by atoms with Gasteiger partial charge in [0.25, 0.3) is 0 Å². The maximum Gasteiger partial charge on any atom is 0.187 e. The van der Waals surface area contributed by atoms with E-state index in [1.54, 1.807) is 6.20 Å². The van der Waals surface area contributed by atoms with Gasteiger partial charge >= 0.3 is 0 Å². The number of thioether (sulfide) groups is 1. The molecule has 0 saturated heterocycles. The Bertz CT molecular complexity index is 682. The van der Waals surface area contributed by atoms with Gasteiger partial charge in [-0.15, -0.1) is 0 Å². The first kappa shape index (κ1) is 11.9. The average molecular weight is 269 g/mol. The second-order valence-corrected chi connectivity index (χ2v) is 4.60. The molecule has 19 heavy (non-hydrogen) atoms. The lowest BCUT2D eigenvalue weighted by molar-refractivity contribution is 0.569. The Kier molecular flexibility index (Phi) is 3.29. The number of rotatable bonds is 3. The molecule has 0 bridgehead atoms. The van der Waals surface area contributed by atoms with E-state index in [0.29, 0.717) is 10.9 Å². The Labute approximate surface area is 114 Å². The average Bonchev–Trinajstić information content (AvgIpc) is 2.98. The van der Waals surface area contributed by atoms with Crippen LogP contribution in [0.4, 0.5) is 0 Å². The van der Waals surface area contributed by atoms with Gasteiger partial charge in [-0.2, -0.15) is 0 Å². The van der Waals surface area contributed by atoms with Crippen molar-refractivity contribution < 1.29 is 4.42 Å². The Morgan fingerprint density at radius 3 is 2.68 bits per heavy atom. The summed E-state index contributed by atoms with van der Waals surface area (Å²) in [5.41, 5.74) is 2.55. The number of oxazole rings is 1. The minimum absolute atomic E-state index is 0.670. The molecule has 0 spiro atoms. The van der Waals surface area contributed by atoms with Crippen molar-refractivity contribution >= 4 is 11.8 Å². The molecule has 0 saturated carbocycles. The van der Waals surface area contributed by atoms with E-state index in [-0.39, 0.29) is 0 Å². The first-order valence-corrected chi connectivity index (χ1v) is 6.97. The molecular weight excluding hydrogens is 258 g/mol. The monoisotopic (exact) mass is 269 g/mol. The second kappa shape index (κ2) is 5.24. The Hall–Kier alpha value is -2.14. The van der Waals surface area contributed by atoms with Gasteiger partial charge in [0.05, 0.1) is 0 Å². The zero-order chi connectivity index (χ0) is 13.1. The summed E-state index contributed by atoms with van der Waals surface area (Å²) < 4.78 is 5.49. The highest BCUT2D eigenvalue weighted by Gasteiger charge is 2.14. The number of benzene rings is 1. The van der Waals surface area contributed by atoms with Gasteiger partial charge in [0.1, 0.15) is 11.4 Å². The van der Waals surface area contributed by atoms with Crippen molar-refractivity contribution in [3.63, 3.8) is 0 Å². The van der Waals surface area contributed by atoms with Crippen LogP contribution in [0, 0.1) is 0 Å². The fourth-order valence-corrected chi connectivity index (χ4v) is 2.15. The van der Waals surface area contributed by atoms with Crippen molar-refractivity contribution in [2.75, 3.05) is 6.26 Å². The first-order valence-electron chi connectivity index (χ1n) is 5.75. The summed E-state index contributed by atoms with van der Waals surface area (Å²) in [5.74, 6) is 0.670. The molecule has 0 unspecified atom stereocenters. The van der Waals surface area contributed by atoms with Crippen LogP contribution in [0.3, 0.4) is 0 Å². The molecule has 0 fully saturated rings. The molecular formula is C14H11N3OS. The van der Waals surface area contributed by atoms with E-state index in [1.807, 2.05) is 42.7 Å². The van der Waals surface area contributed by atoms with Crippen molar-refractivity contribution in [3.8, 4) is 22.7 Å². The maximum absolute atomic E-state index is 5.49. The molecule has 3 rings (SSSR count). The van der Waals surface area contributed by atoms with E-state index >= 15 is 0 Å². The fourth-order valence-electron chi connectivity index (χ4n) is 1.80. The molecule has 4 nitrogen and oxygen atoms in total. The third kappa shape index (κ3) is 2.37. The van der Waals surface area contributed by atoms with E-state index in [4.69, 9.17) is 4.42 Å². The lowest BCUT2D eigenvalue weighted by atomic mass is 10.1. The molecule has 0 radical (unpaired) electrons. The third-order valence-electron chi connectivity index (χ3n) is 2.66. The van der Waals surface area contributed by atoms with Crippen LogP contribution in [0.1, 0.15) is 0 Å². The van der Waals surface area contributed by atoms with E-state index in [1.165, 1.54) is 18.2 Å². The number of aromatic nitrogens is 3. The van der Waals surface area contributed by atoms with Gasteiger partial charge in [-0.1, -0.05) is 42.1 Å². The summed E-state index contributed by atoms with van der Waals surface area (Å²) in [4.78, 5) is 12.9. The van der Waals surface area contributed by atoms with Gasteiger partial charge in [0.2, 0.25) is 0 Å². The summed E-state index contributed by atoms with van der Waals surface area (Å²) in [5, 5.41) is 0.716. The van der Waals surface area contributed by atoms with E-state index in [2.05, 4.69) is 15.0 Å². The molecule has 0 atom stereocenters. The third-order valence-corrected chi connectivity index (χ3v) is 3.23. The van der Waals surface area contributed by atoms with Gasteiger partial charge in [0.15, 0.2) is 17.3 Å². The first-order chi connectivity index (χ1) is 9.38. The lowest BCUT2D eigenvalue weighted by Gasteiger charge is -2.01. The van der Waals surface area contributed by atoms with Crippen molar-refractivity contribution in [1.82, 2.24) is 15.0 Å². The van der Waals surface area contributed by atoms with Gasteiger partial charge in [-0.05, 0) is 12.3 Å². The normalized spacial score (nSPS) is 10.6. The van der Waals surface area contributed by atoms with E-state index in [9.17, 15) is 0 Å². The van der Waals surface area contributed by atoms with Crippen LogP contribution in [0.15, 0.2) is 58.6 Å². The molecule has 2 heterocycles. The SMILES string of the molecule is CSc1nccc(-c2ocnc2-c2ccccc2)n1. The zero-order valence-corrected chi connectivity index (χ0v) is 11.1. The van der Waals surface area contributed by atoms with Gasteiger partial charge in [-0.25, -0.2) is 15.0 Å². The number of hydrogen-bond donors (Lipinski definition) is 0. The molecule has 3 aromatic rings. The Morgan fingerprint density at radius 1 is 1.05 bits per heavy atom. The molecule has 0 N–H and O–H groups in total. The van der Waals surface area contributed by atoms with Crippen LogP contribution in [-0.2, 0) is 0 Å². The smallest absolute Gasteiger partial charge is 0.187 e. The van der Waals surface area contributed by atoms with Gasteiger partial charge < -0.3 is 4.42 Å². The van der Waals surface area contributed by atoms with Crippen molar-refractivity contribution in [1.29, 1.82) is 0 Å². The molecule has 5 heteroatoms. The molecule has 0 aliphatic rings. The zero-order valence-electron chi connectivity index (χ0n) is 10.3. The highest BCUT2D eigenvalue weighted by atomic mass is 32.2. The number of nitrogens with zero attached hydrogens (tertiary/aromatic N) is 3. The van der Waals surface area contributed by atoms with E-state index in [0.717, 1.165) is 17.0 Å². The topological polar surface area (TPSA) is 51.8 Å². The second-order valence-electron chi connectivity index (χ2n) is 3.82. The standard InChI is InChI=1S/C14H11N3OS/c1-19-14-15-8-7-11(17-14)13-12(16-9-18-13)10-5-3-2-4-6-10/h2-9H,1H3. The summed E-state index contributed by atoms with van der Waals surface area (Å²) >= 11 is 1.50. The van der Waals surface area contributed by atoms with Crippen molar-refractivity contribution in [2.45, 2.75) is 5.16 Å². The summed E-state index contributed by atoms with van der Waals surface area (Å²) in [7, 11) is 0. The van der Waals surface area contributed by atoms with Crippen LogP contribution in [0.25, 0.3) is 22.7 Å². The van der Waals surface area contributed by atoms with Gasteiger partial charge in [0, 0.05) is 11.8 Å². The van der Waals surface area contributed by atoms with Crippen molar-refractivity contribution in [3.05, 3.63) is 49.0 Å². The minimum atomic E-state index is 0.670. The molecule has 0 amide bonds. The Balaban J connectivity index is 2.09. The van der Waals surface area contributed by atoms with Crippen LogP contribution in [-0.4, -0.2) is 21.2 Å². The predicted molar refractivity (Wildman–Crippen MR) is 74.7 cm³/mol. The summed E-state index contributed by atoms with van der Waals surface area (Å²) in [6.45, 7) is 0. The Morgan fingerprint density at radius 2 is 1.89 bits per heavy atom. The highest BCUT2D eigenvalue weighted by Crippen LogP contribution is 2.30. The fraction of sp³-hybridized carbons (Fsp3) is 0.0714. The highest BCUT2D eigenvalue weighted by molar-refractivity contribution is 7.98. The van der Waals surface area contributed by atoms with Gasteiger partial charge in [-0.3, -0.25) is 0 Å². The summed E-state index contributed by atoms with van der Waals surface area (Å²) in [6, 6.07) is 11.7. The van der Waals surface area contributed by atoms with Crippen molar-refractivity contribution in [2.24, 2.45) is 0 Å². The maximum atomic E-state index is 5.49. The van der Waals surface area contributed by atoms with E-state index < -0.39 is 0 Å². The van der Waals surface area contributed by atoms with Crippen LogP contribution in [0.2, 0.25) is 0 Å². The van der Waals surface area contributed by atoms with Crippen LogP contribution in [0.5, 0.6) is 0 Å². The molecule has 0 aliphatic heterocycles. The quantitative estimate of drug-likeness (QED) is 0.538. The molecule has 2 aromatic heterocycles.